The lowest BCUT2D eigenvalue weighted by Crippen LogP contribution is -2.37. The summed E-state index contributed by atoms with van der Waals surface area (Å²) >= 11 is 1.24. The van der Waals surface area contributed by atoms with E-state index in [9.17, 15) is 18.0 Å². The zero-order chi connectivity index (χ0) is 19.2. The van der Waals surface area contributed by atoms with Crippen LogP contribution in [0.4, 0.5) is 5.69 Å². The number of carbonyl (C=O) groups is 2. The molecule has 2 unspecified atom stereocenters. The van der Waals surface area contributed by atoms with Gasteiger partial charge in [-0.05, 0) is 12.1 Å². The van der Waals surface area contributed by atoms with Gasteiger partial charge in [0.25, 0.3) is 0 Å². The Labute approximate surface area is 159 Å². The number of aliphatic imine (C=N–C) groups is 1. The minimum Gasteiger partial charge on any atom is -0.481 e. The Morgan fingerprint density at radius 3 is 2.78 bits per heavy atom. The van der Waals surface area contributed by atoms with E-state index >= 15 is 0 Å². The number of fused-ring (bicyclic) bond motifs is 2. The van der Waals surface area contributed by atoms with Crippen LogP contribution in [-0.2, 0) is 19.4 Å². The number of amides is 1. The molecule has 27 heavy (non-hydrogen) atoms. The lowest BCUT2D eigenvalue weighted by Gasteiger charge is -2.24. The van der Waals surface area contributed by atoms with E-state index < -0.39 is 21.7 Å². The first kappa shape index (κ1) is 18.1. The average molecular weight is 412 g/mol. The molecule has 3 heterocycles. The highest BCUT2D eigenvalue weighted by atomic mass is 32.2. The van der Waals surface area contributed by atoms with Gasteiger partial charge in [-0.25, -0.2) is 8.42 Å². The zero-order valence-electron chi connectivity index (χ0n) is 14.0. The summed E-state index contributed by atoms with van der Waals surface area (Å²) in [6.07, 6.45) is -0.506. The van der Waals surface area contributed by atoms with Crippen molar-refractivity contribution in [3.63, 3.8) is 0 Å². The van der Waals surface area contributed by atoms with Crippen LogP contribution < -0.4 is 14.4 Å². The van der Waals surface area contributed by atoms with E-state index in [0.29, 0.717) is 22.4 Å². The summed E-state index contributed by atoms with van der Waals surface area (Å²) in [4.78, 5) is 28.5. The van der Waals surface area contributed by atoms with Crippen molar-refractivity contribution in [2.24, 2.45) is 4.99 Å². The lowest BCUT2D eigenvalue weighted by atomic mass is 10.2. The van der Waals surface area contributed by atoms with Crippen LogP contribution in [0.1, 0.15) is 12.8 Å². The first-order valence-corrected chi connectivity index (χ1v) is 10.9. The first-order valence-electron chi connectivity index (χ1n) is 8.22. The fourth-order valence-electron chi connectivity index (χ4n) is 3.28. The fourth-order valence-corrected chi connectivity index (χ4v) is 7.21. The number of thioether (sulfide) groups is 1. The maximum atomic E-state index is 12.1. The van der Waals surface area contributed by atoms with Gasteiger partial charge in [0.1, 0.15) is 0 Å². The van der Waals surface area contributed by atoms with Crippen LogP contribution >= 0.6 is 11.8 Å². The van der Waals surface area contributed by atoms with Crippen molar-refractivity contribution in [3.8, 4) is 11.5 Å². The van der Waals surface area contributed by atoms with Gasteiger partial charge in [0, 0.05) is 23.4 Å². The Kier molecular flexibility index (Phi) is 4.50. The number of sulfone groups is 1. The van der Waals surface area contributed by atoms with Crippen LogP contribution in [0.5, 0.6) is 11.5 Å². The second-order valence-corrected chi connectivity index (χ2v) is 9.75. The summed E-state index contributed by atoms with van der Waals surface area (Å²) in [5, 5.41) is 8.88. The molecule has 9 nitrogen and oxygen atoms in total. The molecule has 1 amide bonds. The molecule has 3 aliphatic heterocycles. The first-order chi connectivity index (χ1) is 12.8. The molecule has 1 aromatic rings. The summed E-state index contributed by atoms with van der Waals surface area (Å²) in [6.45, 7) is 0.114. The summed E-state index contributed by atoms with van der Waals surface area (Å²) in [5.74, 6) is -0.491. The maximum absolute atomic E-state index is 12.1. The molecular formula is C16H16N2O7S2. The van der Waals surface area contributed by atoms with Crippen molar-refractivity contribution in [2.45, 2.75) is 24.1 Å². The van der Waals surface area contributed by atoms with E-state index in [-0.39, 0.29) is 42.4 Å². The van der Waals surface area contributed by atoms with E-state index in [1.54, 1.807) is 23.1 Å². The minimum absolute atomic E-state index is 0.0196. The third-order valence-corrected chi connectivity index (χ3v) is 7.68. The molecule has 1 N–H and O–H groups in total. The minimum atomic E-state index is -3.17. The molecule has 0 bridgehead atoms. The molecule has 0 saturated carbocycles. The highest BCUT2D eigenvalue weighted by molar-refractivity contribution is 8.16. The van der Waals surface area contributed by atoms with Gasteiger partial charge in [-0.15, -0.1) is 0 Å². The second kappa shape index (κ2) is 6.71. The predicted molar refractivity (Wildman–Crippen MR) is 98.2 cm³/mol. The van der Waals surface area contributed by atoms with Crippen molar-refractivity contribution in [3.05, 3.63) is 18.2 Å². The Morgan fingerprint density at radius 2 is 2.00 bits per heavy atom. The molecule has 11 heteroatoms. The molecule has 0 aliphatic carbocycles. The van der Waals surface area contributed by atoms with Gasteiger partial charge < -0.3 is 19.5 Å². The molecule has 0 radical (unpaired) electrons. The van der Waals surface area contributed by atoms with Crippen molar-refractivity contribution < 1.29 is 32.6 Å². The van der Waals surface area contributed by atoms with Crippen molar-refractivity contribution in [1.82, 2.24) is 0 Å². The monoisotopic (exact) mass is 412 g/mol. The fraction of sp³-hybridized carbons (Fsp3) is 0.438. The number of carboxylic acids is 1. The van der Waals surface area contributed by atoms with Crippen molar-refractivity contribution >= 4 is 44.3 Å². The largest absolute Gasteiger partial charge is 0.481 e. The SMILES string of the molecule is O=C(O)CCC(=O)N=C1SC2CS(=O)(=O)CC2N1c1ccc2c(c1)OCO2. The van der Waals surface area contributed by atoms with Gasteiger partial charge >= 0.3 is 5.97 Å². The number of anilines is 1. The molecule has 2 atom stereocenters. The van der Waals surface area contributed by atoms with Gasteiger partial charge in [-0.2, -0.15) is 4.99 Å². The molecule has 1 aromatic carbocycles. The van der Waals surface area contributed by atoms with Crippen LogP contribution in [0.15, 0.2) is 23.2 Å². The molecular weight excluding hydrogens is 396 g/mol. The number of rotatable bonds is 4. The topological polar surface area (TPSA) is 123 Å². The molecule has 0 spiro atoms. The third-order valence-electron chi connectivity index (χ3n) is 4.47. The summed E-state index contributed by atoms with van der Waals surface area (Å²) < 4.78 is 34.8. The van der Waals surface area contributed by atoms with Gasteiger partial charge in [0.15, 0.2) is 26.5 Å². The quantitative estimate of drug-likeness (QED) is 0.768. The van der Waals surface area contributed by atoms with Gasteiger partial charge in [0.2, 0.25) is 12.7 Å². The predicted octanol–water partition coefficient (Wildman–Crippen LogP) is 0.881. The molecule has 144 valence electrons. The van der Waals surface area contributed by atoms with Gasteiger partial charge in [0.05, 0.1) is 24.0 Å². The number of ether oxygens (including phenoxy) is 2. The lowest BCUT2D eigenvalue weighted by molar-refractivity contribution is -0.138. The highest BCUT2D eigenvalue weighted by Crippen LogP contribution is 2.43. The Hall–Kier alpha value is -2.27. The van der Waals surface area contributed by atoms with Crippen molar-refractivity contribution in [1.29, 1.82) is 0 Å². The standard InChI is InChI=1S/C16H16N2O7S2/c19-14(3-4-15(20)21)17-16-18(10-6-27(22,23)7-13(10)26-16)9-1-2-11-12(5-9)25-8-24-11/h1-2,5,10,13H,3-4,6-8H2,(H,20,21). The number of hydrogen-bond acceptors (Lipinski definition) is 7. The average Bonchev–Trinajstić information content (AvgIpc) is 3.24. The molecule has 4 rings (SSSR count). The van der Waals surface area contributed by atoms with E-state index in [0.717, 1.165) is 0 Å². The van der Waals surface area contributed by atoms with Crippen LogP contribution in [0, 0.1) is 0 Å². The second-order valence-electron chi connectivity index (χ2n) is 6.39. The van der Waals surface area contributed by atoms with Crippen LogP contribution in [0.2, 0.25) is 0 Å². The molecule has 2 fully saturated rings. The van der Waals surface area contributed by atoms with Crippen LogP contribution in [-0.4, -0.2) is 60.2 Å². The van der Waals surface area contributed by atoms with Crippen LogP contribution in [0.3, 0.4) is 0 Å². The normalized spacial score (nSPS) is 26.4. The number of carbonyl (C=O) groups excluding carboxylic acids is 1. The summed E-state index contributed by atoms with van der Waals surface area (Å²) in [5.41, 5.74) is 0.654. The van der Waals surface area contributed by atoms with Crippen LogP contribution in [0.25, 0.3) is 0 Å². The molecule has 0 aromatic heterocycles. The summed E-state index contributed by atoms with van der Waals surface area (Å²) in [6, 6.07) is 4.88. The van der Waals surface area contributed by atoms with Gasteiger partial charge in [-0.1, -0.05) is 11.8 Å². The molecule has 2 saturated heterocycles. The highest BCUT2D eigenvalue weighted by Gasteiger charge is 2.49. The summed E-state index contributed by atoms with van der Waals surface area (Å²) in [7, 11) is -3.17. The van der Waals surface area contributed by atoms with Gasteiger partial charge in [-0.3, -0.25) is 9.59 Å². The Bertz CT molecular complexity index is 944. The van der Waals surface area contributed by atoms with E-state index in [4.69, 9.17) is 14.6 Å². The van der Waals surface area contributed by atoms with Crippen molar-refractivity contribution in [2.75, 3.05) is 23.2 Å². The third kappa shape index (κ3) is 3.61. The smallest absolute Gasteiger partial charge is 0.303 e. The number of carboxylic acid groups (broad SMARTS) is 1. The number of benzene rings is 1. The van der Waals surface area contributed by atoms with E-state index in [1.807, 2.05) is 0 Å². The zero-order valence-corrected chi connectivity index (χ0v) is 15.7. The Morgan fingerprint density at radius 1 is 1.22 bits per heavy atom. The number of aliphatic carboxylic acids is 1. The number of amidine groups is 1. The number of hydrogen-bond donors (Lipinski definition) is 1. The van der Waals surface area contributed by atoms with E-state index in [2.05, 4.69) is 4.99 Å². The Balaban J connectivity index is 1.66. The number of nitrogens with zero attached hydrogens (tertiary/aromatic N) is 2. The maximum Gasteiger partial charge on any atom is 0.303 e. The van der Waals surface area contributed by atoms with E-state index in [1.165, 1.54) is 11.8 Å². The molecule has 3 aliphatic rings.